The molecule has 1 saturated heterocycles. The second-order valence-electron chi connectivity index (χ2n) is 5.58. The number of hydrogen-bond donors (Lipinski definition) is 1. The average Bonchev–Trinajstić information content (AvgIpc) is 3.23. The fourth-order valence-electron chi connectivity index (χ4n) is 2.75. The van der Waals surface area contributed by atoms with Crippen LogP contribution in [0.1, 0.15) is 16.8 Å². The number of nitro groups is 1. The molecule has 3 rings (SSSR count). The smallest absolute Gasteiger partial charge is 0.324 e. The largest absolute Gasteiger partial charge is 0.371 e. The molecule has 0 saturated carbocycles. The van der Waals surface area contributed by atoms with Crippen molar-refractivity contribution in [2.45, 2.75) is 6.42 Å². The SMILES string of the molecule is O=C(NCC1CCN(c2ccccc2)C1)c1csc([N+](=O)[O-])c1. The Kier molecular flexibility index (Phi) is 4.57. The number of hydrogen-bond acceptors (Lipinski definition) is 5. The number of amides is 1. The molecule has 0 aliphatic carbocycles. The summed E-state index contributed by atoms with van der Waals surface area (Å²) in [6.45, 7) is 2.48. The maximum absolute atomic E-state index is 12.0. The molecule has 1 unspecified atom stereocenters. The minimum absolute atomic E-state index is 0.00808. The van der Waals surface area contributed by atoms with Crippen LogP contribution in [0.4, 0.5) is 10.7 Å². The highest BCUT2D eigenvalue weighted by molar-refractivity contribution is 7.13. The summed E-state index contributed by atoms with van der Waals surface area (Å²) in [6, 6.07) is 11.5. The first-order valence-electron chi connectivity index (χ1n) is 7.44. The van der Waals surface area contributed by atoms with Crippen molar-refractivity contribution in [3.63, 3.8) is 0 Å². The molecule has 0 bridgehead atoms. The van der Waals surface area contributed by atoms with Crippen LogP contribution < -0.4 is 10.2 Å². The fraction of sp³-hybridized carbons (Fsp3) is 0.312. The summed E-state index contributed by atoms with van der Waals surface area (Å²) in [5.74, 6) is 0.153. The standard InChI is InChI=1S/C16H17N3O3S/c20-16(13-8-15(19(21)22)23-11-13)17-9-12-6-7-18(10-12)14-4-2-1-3-5-14/h1-5,8,11-12H,6-7,9-10H2,(H,17,20). The molecule has 23 heavy (non-hydrogen) atoms. The van der Waals surface area contributed by atoms with Crippen LogP contribution in [0.25, 0.3) is 0 Å². The number of anilines is 1. The van der Waals surface area contributed by atoms with Crippen molar-refractivity contribution in [1.82, 2.24) is 5.32 Å². The van der Waals surface area contributed by atoms with E-state index < -0.39 is 4.92 Å². The third-order valence-electron chi connectivity index (χ3n) is 3.99. The minimum atomic E-state index is -0.476. The van der Waals surface area contributed by atoms with Gasteiger partial charge < -0.3 is 10.2 Å². The van der Waals surface area contributed by atoms with Crippen molar-refractivity contribution < 1.29 is 9.72 Å². The van der Waals surface area contributed by atoms with Crippen molar-refractivity contribution in [3.05, 3.63) is 57.5 Å². The molecule has 1 aromatic carbocycles. The Balaban J connectivity index is 1.51. The Morgan fingerprint density at radius 2 is 2.17 bits per heavy atom. The van der Waals surface area contributed by atoms with Crippen LogP contribution in [-0.2, 0) is 0 Å². The van der Waals surface area contributed by atoms with Crippen LogP contribution in [0.15, 0.2) is 41.8 Å². The van der Waals surface area contributed by atoms with Gasteiger partial charge in [0.05, 0.1) is 10.5 Å². The number of carbonyl (C=O) groups excluding carboxylic acids is 1. The zero-order chi connectivity index (χ0) is 16.2. The molecule has 0 radical (unpaired) electrons. The first-order chi connectivity index (χ1) is 11.1. The summed E-state index contributed by atoms with van der Waals surface area (Å²) < 4.78 is 0. The van der Waals surface area contributed by atoms with Gasteiger partial charge in [0.2, 0.25) is 0 Å². The predicted molar refractivity (Wildman–Crippen MR) is 90.1 cm³/mol. The van der Waals surface area contributed by atoms with E-state index in [1.54, 1.807) is 0 Å². The van der Waals surface area contributed by atoms with E-state index in [4.69, 9.17) is 0 Å². The van der Waals surface area contributed by atoms with Crippen molar-refractivity contribution in [2.75, 3.05) is 24.5 Å². The van der Waals surface area contributed by atoms with Gasteiger partial charge in [-0.15, -0.1) is 0 Å². The number of rotatable bonds is 5. The highest BCUT2D eigenvalue weighted by Crippen LogP contribution is 2.24. The summed E-state index contributed by atoms with van der Waals surface area (Å²) in [5.41, 5.74) is 1.56. The lowest BCUT2D eigenvalue weighted by molar-refractivity contribution is -0.380. The van der Waals surface area contributed by atoms with Gasteiger partial charge in [0.1, 0.15) is 0 Å². The van der Waals surface area contributed by atoms with E-state index in [-0.39, 0.29) is 10.9 Å². The number of nitrogens with one attached hydrogen (secondary N) is 1. The van der Waals surface area contributed by atoms with E-state index in [9.17, 15) is 14.9 Å². The lowest BCUT2D eigenvalue weighted by Gasteiger charge is -2.18. The maximum Gasteiger partial charge on any atom is 0.324 e. The summed E-state index contributed by atoms with van der Waals surface area (Å²) in [6.07, 6.45) is 1.03. The normalized spacial score (nSPS) is 17.2. The minimum Gasteiger partial charge on any atom is -0.371 e. The van der Waals surface area contributed by atoms with Gasteiger partial charge >= 0.3 is 5.00 Å². The van der Waals surface area contributed by atoms with Gasteiger partial charge in [0.15, 0.2) is 0 Å². The number of thiophene rings is 1. The molecule has 6 nitrogen and oxygen atoms in total. The van der Waals surface area contributed by atoms with Gasteiger partial charge in [-0.25, -0.2) is 0 Å². The zero-order valence-electron chi connectivity index (χ0n) is 12.5. The maximum atomic E-state index is 12.0. The van der Waals surface area contributed by atoms with Crippen molar-refractivity contribution in [3.8, 4) is 0 Å². The van der Waals surface area contributed by atoms with Crippen LogP contribution in [-0.4, -0.2) is 30.5 Å². The molecule has 2 aromatic rings. The van der Waals surface area contributed by atoms with Gasteiger partial charge in [-0.1, -0.05) is 29.5 Å². The number of nitrogens with zero attached hydrogens (tertiary/aromatic N) is 2. The highest BCUT2D eigenvalue weighted by atomic mass is 32.1. The van der Waals surface area contributed by atoms with E-state index in [2.05, 4.69) is 22.3 Å². The molecule has 7 heteroatoms. The van der Waals surface area contributed by atoms with Crippen LogP contribution in [0.3, 0.4) is 0 Å². The summed E-state index contributed by atoms with van der Waals surface area (Å²) in [7, 11) is 0. The molecule has 1 atom stereocenters. The van der Waals surface area contributed by atoms with Gasteiger partial charge in [-0.05, 0) is 24.5 Å². The molecular formula is C16H17N3O3S. The van der Waals surface area contributed by atoms with Gasteiger partial charge in [-0.3, -0.25) is 14.9 Å². The quantitative estimate of drug-likeness (QED) is 0.675. The molecule has 0 spiro atoms. The lowest BCUT2D eigenvalue weighted by atomic mass is 10.1. The molecular weight excluding hydrogens is 314 g/mol. The van der Waals surface area contributed by atoms with Gasteiger partial charge in [0, 0.05) is 36.8 Å². The van der Waals surface area contributed by atoms with Gasteiger partial charge in [-0.2, -0.15) is 0 Å². The monoisotopic (exact) mass is 331 g/mol. The summed E-state index contributed by atoms with van der Waals surface area (Å²) in [4.78, 5) is 24.5. The fourth-order valence-corrected chi connectivity index (χ4v) is 3.46. The van der Waals surface area contributed by atoms with Crippen LogP contribution in [0, 0.1) is 16.0 Å². The Morgan fingerprint density at radius 1 is 1.39 bits per heavy atom. The summed E-state index contributed by atoms with van der Waals surface area (Å²) in [5, 5.41) is 15.1. The van der Waals surface area contributed by atoms with E-state index in [0.717, 1.165) is 30.8 Å². The van der Waals surface area contributed by atoms with E-state index in [1.807, 2.05) is 18.2 Å². The highest BCUT2D eigenvalue weighted by Gasteiger charge is 2.23. The Bertz CT molecular complexity index is 702. The van der Waals surface area contributed by atoms with Crippen LogP contribution in [0.2, 0.25) is 0 Å². The topological polar surface area (TPSA) is 75.5 Å². The second kappa shape index (κ2) is 6.78. The second-order valence-corrected chi connectivity index (χ2v) is 6.47. The Labute approximate surface area is 137 Å². The van der Waals surface area contributed by atoms with Crippen molar-refractivity contribution in [1.29, 1.82) is 0 Å². The molecule has 1 aromatic heterocycles. The van der Waals surface area contributed by atoms with Crippen LogP contribution >= 0.6 is 11.3 Å². The molecule has 1 aliphatic rings. The lowest BCUT2D eigenvalue weighted by Crippen LogP contribution is -2.30. The first kappa shape index (κ1) is 15.5. The van der Waals surface area contributed by atoms with Gasteiger partial charge in [0.25, 0.3) is 5.91 Å². The molecule has 120 valence electrons. The average molecular weight is 331 g/mol. The third kappa shape index (κ3) is 3.68. The number of para-hydroxylation sites is 1. The van der Waals surface area contributed by atoms with E-state index in [0.29, 0.717) is 18.0 Å². The molecule has 2 heterocycles. The summed E-state index contributed by atoms with van der Waals surface area (Å²) >= 11 is 0.974. The number of carbonyl (C=O) groups is 1. The Hall–Kier alpha value is -2.41. The van der Waals surface area contributed by atoms with Crippen LogP contribution in [0.5, 0.6) is 0 Å². The first-order valence-corrected chi connectivity index (χ1v) is 8.32. The zero-order valence-corrected chi connectivity index (χ0v) is 13.3. The molecule has 1 N–H and O–H groups in total. The molecule has 1 aliphatic heterocycles. The predicted octanol–water partition coefficient (Wildman–Crippen LogP) is 2.91. The third-order valence-corrected chi connectivity index (χ3v) is 4.87. The number of benzene rings is 1. The molecule has 1 fully saturated rings. The van der Waals surface area contributed by atoms with E-state index >= 15 is 0 Å². The molecule has 1 amide bonds. The van der Waals surface area contributed by atoms with Crippen molar-refractivity contribution in [2.24, 2.45) is 5.92 Å². The van der Waals surface area contributed by atoms with Crippen molar-refractivity contribution >= 4 is 27.9 Å². The van der Waals surface area contributed by atoms with E-state index in [1.165, 1.54) is 17.1 Å². The Morgan fingerprint density at radius 3 is 2.87 bits per heavy atom.